The summed E-state index contributed by atoms with van der Waals surface area (Å²) in [5.41, 5.74) is 2.53. The summed E-state index contributed by atoms with van der Waals surface area (Å²) in [4.78, 5) is 11.9. The van der Waals surface area contributed by atoms with Gasteiger partial charge in [-0.2, -0.15) is 5.10 Å². The molecule has 0 aliphatic carbocycles. The Labute approximate surface area is 123 Å². The highest BCUT2D eigenvalue weighted by Gasteiger charge is 2.10. The maximum atomic E-state index is 11.9. The van der Waals surface area contributed by atoms with Crippen molar-refractivity contribution < 1.29 is 4.79 Å². The molecule has 0 saturated heterocycles. The second kappa shape index (κ2) is 6.29. The molecule has 0 atom stereocenters. The Morgan fingerprint density at radius 3 is 2.80 bits per heavy atom. The lowest BCUT2D eigenvalue weighted by Gasteiger charge is -2.12. The molecule has 6 heteroatoms. The van der Waals surface area contributed by atoms with E-state index in [4.69, 9.17) is 12.2 Å². The number of anilines is 1. The number of carbonyl (C=O) groups excluding carboxylic acids is 1. The van der Waals surface area contributed by atoms with Crippen molar-refractivity contribution in [3.8, 4) is 0 Å². The van der Waals surface area contributed by atoms with Gasteiger partial charge in [0.15, 0.2) is 5.11 Å². The van der Waals surface area contributed by atoms with E-state index in [1.54, 1.807) is 17.9 Å². The van der Waals surface area contributed by atoms with Gasteiger partial charge in [0.05, 0.1) is 11.8 Å². The third-order valence-corrected chi connectivity index (χ3v) is 3.04. The maximum Gasteiger partial charge on any atom is 0.260 e. The molecule has 2 aromatic rings. The van der Waals surface area contributed by atoms with Gasteiger partial charge in [0.2, 0.25) is 0 Å². The first-order chi connectivity index (χ1) is 9.60. The van der Waals surface area contributed by atoms with Crippen LogP contribution in [0, 0.1) is 0 Å². The van der Waals surface area contributed by atoms with Crippen LogP contribution in [0.2, 0.25) is 0 Å². The molecule has 2 N–H and O–H groups in total. The van der Waals surface area contributed by atoms with Crippen molar-refractivity contribution in [1.29, 1.82) is 0 Å². The number of para-hydroxylation sites is 1. The van der Waals surface area contributed by atoms with Gasteiger partial charge in [0, 0.05) is 18.9 Å². The first-order valence-electron chi connectivity index (χ1n) is 6.29. The van der Waals surface area contributed by atoms with Crippen molar-refractivity contribution in [3.63, 3.8) is 0 Å². The molecule has 104 valence electrons. The van der Waals surface area contributed by atoms with Gasteiger partial charge in [-0.3, -0.25) is 14.8 Å². The van der Waals surface area contributed by atoms with E-state index in [-0.39, 0.29) is 11.0 Å². The van der Waals surface area contributed by atoms with Crippen LogP contribution < -0.4 is 10.6 Å². The van der Waals surface area contributed by atoms with E-state index in [0.717, 1.165) is 17.7 Å². The van der Waals surface area contributed by atoms with Crippen LogP contribution >= 0.6 is 12.2 Å². The number of amides is 1. The topological polar surface area (TPSA) is 58.9 Å². The highest BCUT2D eigenvalue weighted by Crippen LogP contribution is 2.15. The zero-order chi connectivity index (χ0) is 14.5. The third kappa shape index (κ3) is 3.42. The minimum atomic E-state index is -0.274. The molecule has 0 fully saturated rings. The molecule has 1 amide bonds. The van der Waals surface area contributed by atoms with Crippen LogP contribution in [-0.4, -0.2) is 20.8 Å². The SMILES string of the molecule is CCc1ccccc1NC(=S)NC(=O)c1cnn(C)c1. The summed E-state index contributed by atoms with van der Waals surface area (Å²) in [6.07, 6.45) is 4.03. The van der Waals surface area contributed by atoms with E-state index in [9.17, 15) is 4.79 Å². The van der Waals surface area contributed by atoms with Gasteiger partial charge >= 0.3 is 0 Å². The second-order valence-electron chi connectivity index (χ2n) is 4.32. The molecule has 20 heavy (non-hydrogen) atoms. The summed E-state index contributed by atoms with van der Waals surface area (Å²) in [5.74, 6) is -0.274. The molecular weight excluding hydrogens is 272 g/mol. The average molecular weight is 288 g/mol. The first-order valence-corrected chi connectivity index (χ1v) is 6.70. The standard InChI is InChI=1S/C14H16N4OS/c1-3-10-6-4-5-7-12(10)16-14(20)17-13(19)11-8-15-18(2)9-11/h4-9H,3H2,1-2H3,(H2,16,17,19,20). The number of benzene rings is 1. The third-order valence-electron chi connectivity index (χ3n) is 2.84. The largest absolute Gasteiger partial charge is 0.332 e. The van der Waals surface area contributed by atoms with E-state index >= 15 is 0 Å². The first kappa shape index (κ1) is 14.2. The molecule has 1 heterocycles. The highest BCUT2D eigenvalue weighted by molar-refractivity contribution is 7.80. The maximum absolute atomic E-state index is 11.9. The molecular formula is C14H16N4OS. The number of nitrogens with zero attached hydrogens (tertiary/aromatic N) is 2. The summed E-state index contributed by atoms with van der Waals surface area (Å²) >= 11 is 5.16. The molecule has 1 aromatic heterocycles. The van der Waals surface area contributed by atoms with E-state index in [1.807, 2.05) is 24.3 Å². The predicted molar refractivity (Wildman–Crippen MR) is 82.7 cm³/mol. The number of aromatic nitrogens is 2. The van der Waals surface area contributed by atoms with Crippen LogP contribution in [0.25, 0.3) is 0 Å². The van der Waals surface area contributed by atoms with Crippen molar-refractivity contribution in [2.24, 2.45) is 7.05 Å². The van der Waals surface area contributed by atoms with Crippen molar-refractivity contribution in [3.05, 3.63) is 47.8 Å². The zero-order valence-electron chi connectivity index (χ0n) is 11.4. The monoisotopic (exact) mass is 288 g/mol. The fourth-order valence-corrected chi connectivity index (χ4v) is 2.02. The Balaban J connectivity index is 2.00. The number of hydrogen-bond donors (Lipinski definition) is 2. The van der Waals surface area contributed by atoms with Gasteiger partial charge in [-0.1, -0.05) is 25.1 Å². The second-order valence-corrected chi connectivity index (χ2v) is 4.73. The molecule has 0 unspecified atom stereocenters. The number of hydrogen-bond acceptors (Lipinski definition) is 3. The summed E-state index contributed by atoms with van der Waals surface area (Å²) < 4.78 is 1.57. The van der Waals surface area contributed by atoms with Gasteiger partial charge in [0.25, 0.3) is 5.91 Å². The molecule has 0 bridgehead atoms. The van der Waals surface area contributed by atoms with Gasteiger partial charge in [0.1, 0.15) is 0 Å². The molecule has 2 rings (SSSR count). The average Bonchev–Trinajstić information content (AvgIpc) is 2.86. The Kier molecular flexibility index (Phi) is 4.47. The van der Waals surface area contributed by atoms with E-state index in [2.05, 4.69) is 22.7 Å². The normalized spacial score (nSPS) is 10.1. The lowest BCUT2D eigenvalue weighted by Crippen LogP contribution is -2.34. The summed E-state index contributed by atoms with van der Waals surface area (Å²) in [6, 6.07) is 7.85. The highest BCUT2D eigenvalue weighted by atomic mass is 32.1. The number of thiocarbonyl (C=S) groups is 1. The van der Waals surface area contributed by atoms with E-state index in [1.165, 1.54) is 6.20 Å². The van der Waals surface area contributed by atoms with Crippen molar-refractivity contribution >= 4 is 28.9 Å². The van der Waals surface area contributed by atoms with E-state index in [0.29, 0.717) is 5.56 Å². The van der Waals surface area contributed by atoms with Gasteiger partial charge < -0.3 is 5.32 Å². The number of rotatable bonds is 3. The minimum Gasteiger partial charge on any atom is -0.332 e. The van der Waals surface area contributed by atoms with Gasteiger partial charge in [-0.15, -0.1) is 0 Å². The molecule has 1 aromatic carbocycles. The summed E-state index contributed by atoms with van der Waals surface area (Å²) in [7, 11) is 1.75. The van der Waals surface area contributed by atoms with Crippen molar-refractivity contribution in [2.45, 2.75) is 13.3 Å². The lowest BCUT2D eigenvalue weighted by molar-refractivity contribution is 0.0977. The zero-order valence-corrected chi connectivity index (χ0v) is 12.2. The van der Waals surface area contributed by atoms with Crippen LogP contribution in [0.1, 0.15) is 22.8 Å². The molecule has 0 aliphatic rings. The number of carbonyl (C=O) groups is 1. The van der Waals surface area contributed by atoms with Crippen LogP contribution in [-0.2, 0) is 13.5 Å². The summed E-state index contributed by atoms with van der Waals surface area (Å²) in [6.45, 7) is 2.07. The lowest BCUT2D eigenvalue weighted by atomic mass is 10.1. The molecule has 0 radical (unpaired) electrons. The van der Waals surface area contributed by atoms with Crippen LogP contribution in [0.15, 0.2) is 36.7 Å². The van der Waals surface area contributed by atoms with Crippen LogP contribution in [0.3, 0.4) is 0 Å². The minimum absolute atomic E-state index is 0.274. The molecule has 0 saturated carbocycles. The Bertz CT molecular complexity index is 636. The Morgan fingerprint density at radius 1 is 1.40 bits per heavy atom. The number of nitrogens with one attached hydrogen (secondary N) is 2. The van der Waals surface area contributed by atoms with Gasteiger partial charge in [-0.05, 0) is 30.3 Å². The number of aryl methyl sites for hydroxylation is 2. The van der Waals surface area contributed by atoms with E-state index < -0.39 is 0 Å². The fourth-order valence-electron chi connectivity index (χ4n) is 1.82. The Morgan fingerprint density at radius 2 is 2.15 bits per heavy atom. The summed E-state index contributed by atoms with van der Waals surface area (Å²) in [5, 5.41) is 9.90. The molecule has 5 nitrogen and oxygen atoms in total. The van der Waals surface area contributed by atoms with Crippen LogP contribution in [0.5, 0.6) is 0 Å². The smallest absolute Gasteiger partial charge is 0.260 e. The Hall–Kier alpha value is -2.21. The van der Waals surface area contributed by atoms with Gasteiger partial charge in [-0.25, -0.2) is 0 Å². The predicted octanol–water partition coefficient (Wildman–Crippen LogP) is 2.11. The quantitative estimate of drug-likeness (QED) is 0.849. The molecule has 0 aliphatic heterocycles. The van der Waals surface area contributed by atoms with Crippen molar-refractivity contribution in [1.82, 2.24) is 15.1 Å². The molecule has 0 spiro atoms. The van der Waals surface area contributed by atoms with Crippen LogP contribution in [0.4, 0.5) is 5.69 Å². The fraction of sp³-hybridized carbons (Fsp3) is 0.214. The van der Waals surface area contributed by atoms with Crippen molar-refractivity contribution in [2.75, 3.05) is 5.32 Å².